The monoisotopic (exact) mass is 201 g/mol. The molecule has 1 nitrogen and oxygen atoms in total. The highest BCUT2D eigenvalue weighted by Gasteiger charge is 2.05. The van der Waals surface area contributed by atoms with E-state index in [0.717, 1.165) is 5.56 Å². The van der Waals surface area contributed by atoms with Crippen LogP contribution in [0.3, 0.4) is 0 Å². The smallest absolute Gasteiger partial charge is 0.116 e. The second-order valence-electron chi connectivity index (χ2n) is 2.99. The van der Waals surface area contributed by atoms with Crippen LogP contribution in [-0.4, -0.2) is 19.8 Å². The lowest BCUT2D eigenvalue weighted by atomic mass is 10.1. The molecule has 0 fully saturated rings. The Labute approximate surface area is 82.9 Å². The van der Waals surface area contributed by atoms with E-state index >= 15 is 0 Å². The summed E-state index contributed by atoms with van der Waals surface area (Å²) in [6.45, 7) is 0.381. The number of hydrogen-bond acceptors (Lipinski definition) is 1. The third-order valence-corrected chi connectivity index (χ3v) is 2.01. The Morgan fingerprint density at radius 1 is 1.54 bits per heavy atom. The maximum absolute atomic E-state index is 13.1. The molecule has 0 radical (unpaired) electrons. The zero-order valence-electron chi connectivity index (χ0n) is 7.56. The number of alkyl halides is 1. The molecular formula is C10H13ClFN. The Bertz CT molecular complexity index is 265. The van der Waals surface area contributed by atoms with Crippen LogP contribution in [0.5, 0.6) is 0 Å². The minimum absolute atomic E-state index is 0.381. The molecule has 0 saturated carbocycles. The van der Waals surface area contributed by atoms with Crippen LogP contribution in [0.2, 0.25) is 5.02 Å². The topological polar surface area (TPSA) is 12.0 Å². The van der Waals surface area contributed by atoms with Gasteiger partial charge in [0, 0.05) is 18.0 Å². The van der Waals surface area contributed by atoms with Gasteiger partial charge in [-0.05, 0) is 24.7 Å². The first-order valence-electron chi connectivity index (χ1n) is 4.25. The molecule has 0 aliphatic heterocycles. The second-order valence-corrected chi connectivity index (χ2v) is 3.43. The molecule has 72 valence electrons. The van der Waals surface area contributed by atoms with Gasteiger partial charge in [0.25, 0.3) is 0 Å². The molecule has 3 heteroatoms. The van der Waals surface area contributed by atoms with Crippen LogP contribution in [0.15, 0.2) is 24.3 Å². The Balaban J connectivity index is 2.53. The molecule has 0 aromatic heterocycles. The van der Waals surface area contributed by atoms with E-state index in [2.05, 4.69) is 5.32 Å². The fourth-order valence-corrected chi connectivity index (χ4v) is 1.43. The van der Waals surface area contributed by atoms with Gasteiger partial charge < -0.3 is 5.32 Å². The zero-order valence-corrected chi connectivity index (χ0v) is 8.31. The van der Waals surface area contributed by atoms with Crippen molar-refractivity contribution < 1.29 is 4.39 Å². The predicted octanol–water partition coefficient (Wildman–Crippen LogP) is 2.44. The molecular weight excluding hydrogens is 189 g/mol. The lowest BCUT2D eigenvalue weighted by Crippen LogP contribution is -2.21. The molecule has 13 heavy (non-hydrogen) atoms. The van der Waals surface area contributed by atoms with Crippen molar-refractivity contribution in [1.29, 1.82) is 0 Å². The molecule has 0 heterocycles. The van der Waals surface area contributed by atoms with Crippen LogP contribution in [-0.2, 0) is 6.42 Å². The molecule has 1 rings (SSSR count). The van der Waals surface area contributed by atoms with Gasteiger partial charge in [-0.2, -0.15) is 0 Å². The van der Waals surface area contributed by atoms with Crippen LogP contribution in [0.25, 0.3) is 0 Å². The maximum Gasteiger partial charge on any atom is 0.116 e. The van der Waals surface area contributed by atoms with Crippen molar-refractivity contribution in [2.45, 2.75) is 12.6 Å². The number of hydrogen-bond donors (Lipinski definition) is 1. The van der Waals surface area contributed by atoms with E-state index < -0.39 is 6.17 Å². The molecule has 0 unspecified atom stereocenters. The van der Waals surface area contributed by atoms with E-state index in [-0.39, 0.29) is 0 Å². The van der Waals surface area contributed by atoms with Crippen molar-refractivity contribution in [3.8, 4) is 0 Å². The van der Waals surface area contributed by atoms with Gasteiger partial charge in [0.1, 0.15) is 6.17 Å². The molecule has 1 N–H and O–H groups in total. The largest absolute Gasteiger partial charge is 0.317 e. The Hall–Kier alpha value is -0.600. The summed E-state index contributed by atoms with van der Waals surface area (Å²) in [4.78, 5) is 0. The number of benzene rings is 1. The third-order valence-electron chi connectivity index (χ3n) is 1.77. The fraction of sp³-hybridized carbons (Fsp3) is 0.400. The van der Waals surface area contributed by atoms with Crippen molar-refractivity contribution in [2.75, 3.05) is 13.6 Å². The van der Waals surface area contributed by atoms with Crippen LogP contribution in [0.4, 0.5) is 4.39 Å². The summed E-state index contributed by atoms with van der Waals surface area (Å²) < 4.78 is 13.1. The Kier molecular flexibility index (Phi) is 4.19. The van der Waals surface area contributed by atoms with Crippen LogP contribution in [0.1, 0.15) is 5.56 Å². The van der Waals surface area contributed by atoms with Gasteiger partial charge in [-0.25, -0.2) is 4.39 Å². The van der Waals surface area contributed by atoms with Crippen molar-refractivity contribution in [1.82, 2.24) is 5.32 Å². The highest BCUT2D eigenvalue weighted by Crippen LogP contribution is 2.12. The summed E-state index contributed by atoms with van der Waals surface area (Å²) >= 11 is 5.77. The molecule has 0 amide bonds. The average molecular weight is 202 g/mol. The van der Waals surface area contributed by atoms with Crippen LogP contribution in [0, 0.1) is 0 Å². The quantitative estimate of drug-likeness (QED) is 0.789. The summed E-state index contributed by atoms with van der Waals surface area (Å²) in [5, 5.41) is 3.46. The average Bonchev–Trinajstić information content (AvgIpc) is 2.04. The number of nitrogens with one attached hydrogen (secondary N) is 1. The van der Waals surface area contributed by atoms with Crippen molar-refractivity contribution in [2.24, 2.45) is 0 Å². The lowest BCUT2D eigenvalue weighted by molar-refractivity contribution is 0.324. The van der Waals surface area contributed by atoms with Gasteiger partial charge in [-0.3, -0.25) is 0 Å². The maximum atomic E-state index is 13.1. The van der Waals surface area contributed by atoms with Gasteiger partial charge in [-0.15, -0.1) is 0 Å². The number of halogens is 2. The van der Waals surface area contributed by atoms with E-state index in [1.54, 1.807) is 19.2 Å². The molecule has 0 aliphatic carbocycles. The minimum Gasteiger partial charge on any atom is -0.317 e. The first-order valence-corrected chi connectivity index (χ1v) is 4.63. The van der Waals surface area contributed by atoms with Gasteiger partial charge >= 0.3 is 0 Å². The summed E-state index contributed by atoms with van der Waals surface area (Å²) in [6.07, 6.45) is -0.426. The van der Waals surface area contributed by atoms with Gasteiger partial charge in [0.05, 0.1) is 0 Å². The molecule has 1 aromatic carbocycles. The van der Waals surface area contributed by atoms with Crippen LogP contribution < -0.4 is 5.32 Å². The Morgan fingerprint density at radius 3 is 2.92 bits per heavy atom. The summed E-state index contributed by atoms with van der Waals surface area (Å²) in [5.74, 6) is 0. The first kappa shape index (κ1) is 10.5. The number of rotatable bonds is 4. The molecule has 1 atom stereocenters. The van der Waals surface area contributed by atoms with Crippen molar-refractivity contribution >= 4 is 11.6 Å². The fourth-order valence-electron chi connectivity index (χ4n) is 1.21. The second kappa shape index (κ2) is 5.20. The zero-order chi connectivity index (χ0) is 9.68. The standard InChI is InChI=1S/C10H13ClFN/c1-13-7-10(12)6-8-3-2-4-9(11)5-8/h2-5,10,13H,6-7H2,1H3/t10-/m0/s1. The van der Waals surface area contributed by atoms with Gasteiger partial charge in [0.15, 0.2) is 0 Å². The van der Waals surface area contributed by atoms with E-state index in [9.17, 15) is 4.39 Å². The first-order chi connectivity index (χ1) is 6.22. The van der Waals surface area contributed by atoms with E-state index in [1.807, 2.05) is 12.1 Å². The van der Waals surface area contributed by atoms with Crippen molar-refractivity contribution in [3.63, 3.8) is 0 Å². The van der Waals surface area contributed by atoms with Crippen molar-refractivity contribution in [3.05, 3.63) is 34.9 Å². The molecule has 1 aromatic rings. The van der Waals surface area contributed by atoms with Gasteiger partial charge in [-0.1, -0.05) is 23.7 Å². The van der Waals surface area contributed by atoms with Crippen LogP contribution >= 0.6 is 11.6 Å². The summed E-state index contributed by atoms with van der Waals surface area (Å²) in [5.41, 5.74) is 0.940. The van der Waals surface area contributed by atoms with Gasteiger partial charge in [0.2, 0.25) is 0 Å². The van der Waals surface area contributed by atoms with E-state index in [1.165, 1.54) is 0 Å². The van der Waals surface area contributed by atoms with E-state index in [0.29, 0.717) is 18.0 Å². The Morgan fingerprint density at radius 2 is 2.31 bits per heavy atom. The SMILES string of the molecule is CNC[C@@H](F)Cc1cccc(Cl)c1. The molecule has 0 spiro atoms. The normalized spacial score (nSPS) is 12.8. The minimum atomic E-state index is -0.844. The summed E-state index contributed by atoms with van der Waals surface area (Å²) in [7, 11) is 1.74. The third kappa shape index (κ3) is 3.75. The predicted molar refractivity (Wildman–Crippen MR) is 54.0 cm³/mol. The molecule has 0 bridgehead atoms. The van der Waals surface area contributed by atoms with E-state index in [4.69, 9.17) is 11.6 Å². The molecule has 0 aliphatic rings. The lowest BCUT2D eigenvalue weighted by Gasteiger charge is -2.07. The summed E-state index contributed by atoms with van der Waals surface area (Å²) in [6, 6.07) is 7.30. The molecule has 0 saturated heterocycles. The highest BCUT2D eigenvalue weighted by atomic mass is 35.5. The highest BCUT2D eigenvalue weighted by molar-refractivity contribution is 6.30.